The molecule has 2 rings (SSSR count). The number of piperidine rings is 1. The van der Waals surface area contributed by atoms with Crippen molar-refractivity contribution in [3.8, 4) is 5.88 Å². The number of aromatic nitrogens is 1. The van der Waals surface area contributed by atoms with Gasteiger partial charge in [-0.05, 0) is 24.5 Å². The van der Waals surface area contributed by atoms with Gasteiger partial charge in [0.1, 0.15) is 0 Å². The lowest BCUT2D eigenvalue weighted by molar-refractivity contribution is -0.142. The predicted molar refractivity (Wildman–Crippen MR) is 91.4 cm³/mol. The molecule has 1 aliphatic heterocycles. The number of rotatable bonds is 4. The number of hydrogen-bond acceptors (Lipinski definition) is 4. The van der Waals surface area contributed by atoms with Gasteiger partial charge >= 0.3 is 0 Å². The molecule has 1 fully saturated rings. The molecule has 0 radical (unpaired) electrons. The molecule has 0 aromatic carbocycles. The summed E-state index contributed by atoms with van der Waals surface area (Å²) in [5.41, 5.74) is 0.589. The van der Waals surface area contributed by atoms with Gasteiger partial charge in [-0.15, -0.1) is 0 Å². The Morgan fingerprint density at radius 2 is 2.00 bits per heavy atom. The minimum Gasteiger partial charge on any atom is -0.481 e. The number of carbonyl (C=O) groups is 2. The Morgan fingerprint density at radius 3 is 2.58 bits per heavy atom. The maximum atomic E-state index is 12.3. The van der Waals surface area contributed by atoms with Crippen LogP contribution in [0.5, 0.6) is 5.88 Å². The second kappa shape index (κ2) is 7.64. The molecule has 0 unspecified atom stereocenters. The first kappa shape index (κ1) is 18.2. The second-order valence-electron chi connectivity index (χ2n) is 7.24. The number of likely N-dealkylation sites (tertiary alicyclic amines) is 1. The number of ether oxygens (including phenoxy) is 1. The Balaban J connectivity index is 1.81. The van der Waals surface area contributed by atoms with Gasteiger partial charge in [0.05, 0.1) is 7.11 Å². The van der Waals surface area contributed by atoms with Crippen LogP contribution in [0.25, 0.3) is 0 Å². The van der Waals surface area contributed by atoms with Gasteiger partial charge in [-0.3, -0.25) is 9.59 Å². The molecule has 1 saturated heterocycles. The number of methoxy groups -OCH3 is 1. The lowest BCUT2D eigenvalue weighted by atomic mass is 9.90. The predicted octanol–water partition coefficient (Wildman–Crippen LogP) is 1.99. The monoisotopic (exact) mass is 333 g/mol. The van der Waals surface area contributed by atoms with E-state index in [-0.39, 0.29) is 23.1 Å². The summed E-state index contributed by atoms with van der Waals surface area (Å²) in [6, 6.07) is 3.66. The van der Waals surface area contributed by atoms with Crippen LogP contribution in [-0.2, 0) is 16.1 Å². The van der Waals surface area contributed by atoms with Crippen LogP contribution in [0.2, 0.25) is 0 Å². The molecule has 1 aromatic rings. The van der Waals surface area contributed by atoms with Gasteiger partial charge in [-0.1, -0.05) is 20.8 Å². The fourth-order valence-electron chi connectivity index (χ4n) is 2.82. The molecule has 0 saturated carbocycles. The van der Waals surface area contributed by atoms with E-state index >= 15 is 0 Å². The summed E-state index contributed by atoms with van der Waals surface area (Å²) >= 11 is 0. The van der Waals surface area contributed by atoms with E-state index in [1.807, 2.05) is 37.8 Å². The number of hydrogen-bond donors (Lipinski definition) is 1. The van der Waals surface area contributed by atoms with Crippen LogP contribution in [-0.4, -0.2) is 41.9 Å². The zero-order chi connectivity index (χ0) is 17.7. The minimum atomic E-state index is -0.366. The highest BCUT2D eigenvalue weighted by molar-refractivity contribution is 5.82. The summed E-state index contributed by atoms with van der Waals surface area (Å²) in [4.78, 5) is 30.5. The molecular formula is C18H27N3O3. The SMILES string of the molecule is COc1cc(CNC(=O)C2CCN(C(=O)C(C)(C)C)CC2)ccn1. The normalized spacial score (nSPS) is 15.9. The molecule has 2 heterocycles. The molecule has 0 atom stereocenters. The summed E-state index contributed by atoms with van der Waals surface area (Å²) in [7, 11) is 1.57. The smallest absolute Gasteiger partial charge is 0.227 e. The van der Waals surface area contributed by atoms with Crippen LogP contribution < -0.4 is 10.1 Å². The average molecular weight is 333 g/mol. The molecule has 0 bridgehead atoms. The number of nitrogens with one attached hydrogen (secondary N) is 1. The van der Waals surface area contributed by atoms with Crippen molar-refractivity contribution in [2.45, 2.75) is 40.2 Å². The van der Waals surface area contributed by atoms with Crippen LogP contribution in [0.15, 0.2) is 18.3 Å². The third-order valence-electron chi connectivity index (χ3n) is 4.27. The quantitative estimate of drug-likeness (QED) is 0.915. The minimum absolute atomic E-state index is 0.0299. The van der Waals surface area contributed by atoms with E-state index in [9.17, 15) is 9.59 Å². The molecule has 2 amide bonds. The average Bonchev–Trinajstić information content (AvgIpc) is 2.58. The van der Waals surface area contributed by atoms with Crippen LogP contribution in [0.1, 0.15) is 39.2 Å². The van der Waals surface area contributed by atoms with Gasteiger partial charge in [-0.2, -0.15) is 0 Å². The lowest BCUT2D eigenvalue weighted by Gasteiger charge is -2.35. The first-order valence-electron chi connectivity index (χ1n) is 8.37. The van der Waals surface area contributed by atoms with Crippen LogP contribution >= 0.6 is 0 Å². The second-order valence-corrected chi connectivity index (χ2v) is 7.24. The molecule has 0 aliphatic carbocycles. The van der Waals surface area contributed by atoms with E-state index in [0.29, 0.717) is 38.4 Å². The Hall–Kier alpha value is -2.11. The molecule has 1 aliphatic rings. The summed E-state index contributed by atoms with van der Waals surface area (Å²) < 4.78 is 5.08. The third-order valence-corrected chi connectivity index (χ3v) is 4.27. The molecule has 24 heavy (non-hydrogen) atoms. The Labute approximate surface area is 143 Å². The fourth-order valence-corrected chi connectivity index (χ4v) is 2.82. The zero-order valence-corrected chi connectivity index (χ0v) is 15.0. The van der Waals surface area contributed by atoms with E-state index in [1.165, 1.54) is 0 Å². The van der Waals surface area contributed by atoms with Gasteiger partial charge in [-0.25, -0.2) is 4.98 Å². The number of carbonyl (C=O) groups excluding carboxylic acids is 2. The van der Waals surface area contributed by atoms with Crippen molar-refractivity contribution in [2.24, 2.45) is 11.3 Å². The van der Waals surface area contributed by atoms with E-state index in [0.717, 1.165) is 5.56 Å². The summed E-state index contributed by atoms with van der Waals surface area (Å²) in [6.45, 7) is 7.54. The van der Waals surface area contributed by atoms with Gasteiger partial charge in [0.2, 0.25) is 17.7 Å². The molecular weight excluding hydrogens is 306 g/mol. The molecule has 6 heteroatoms. The third kappa shape index (κ3) is 4.69. The maximum Gasteiger partial charge on any atom is 0.227 e. The van der Waals surface area contributed by atoms with Crippen molar-refractivity contribution in [3.63, 3.8) is 0 Å². The summed E-state index contributed by atoms with van der Waals surface area (Å²) in [6.07, 6.45) is 3.09. The number of nitrogens with zero attached hydrogens (tertiary/aromatic N) is 2. The number of pyridine rings is 1. The first-order chi connectivity index (χ1) is 11.3. The Bertz CT molecular complexity index is 587. The van der Waals surface area contributed by atoms with Crippen molar-refractivity contribution < 1.29 is 14.3 Å². The number of amides is 2. The molecule has 132 valence electrons. The lowest BCUT2D eigenvalue weighted by Crippen LogP contribution is -2.46. The van der Waals surface area contributed by atoms with Crippen molar-refractivity contribution in [2.75, 3.05) is 20.2 Å². The van der Waals surface area contributed by atoms with Crippen molar-refractivity contribution in [1.29, 1.82) is 0 Å². The van der Waals surface area contributed by atoms with Gasteiger partial charge in [0.25, 0.3) is 0 Å². The fraction of sp³-hybridized carbons (Fsp3) is 0.611. The standard InChI is InChI=1S/C18H27N3O3/c1-18(2,3)17(23)21-9-6-14(7-10-21)16(22)20-12-13-5-8-19-15(11-13)24-4/h5,8,11,14H,6-7,9-10,12H2,1-4H3,(H,20,22). The van der Waals surface area contributed by atoms with Crippen molar-refractivity contribution in [1.82, 2.24) is 15.2 Å². The van der Waals surface area contributed by atoms with Crippen LogP contribution in [0.3, 0.4) is 0 Å². The molecule has 0 spiro atoms. The topological polar surface area (TPSA) is 71.5 Å². The largest absolute Gasteiger partial charge is 0.481 e. The summed E-state index contributed by atoms with van der Waals surface area (Å²) in [5, 5.41) is 2.97. The Morgan fingerprint density at radius 1 is 1.33 bits per heavy atom. The highest BCUT2D eigenvalue weighted by Crippen LogP contribution is 2.23. The zero-order valence-electron chi connectivity index (χ0n) is 15.0. The molecule has 1 N–H and O–H groups in total. The van der Waals surface area contributed by atoms with E-state index < -0.39 is 0 Å². The van der Waals surface area contributed by atoms with E-state index in [1.54, 1.807) is 13.3 Å². The van der Waals surface area contributed by atoms with Crippen molar-refractivity contribution in [3.05, 3.63) is 23.9 Å². The van der Waals surface area contributed by atoms with Gasteiger partial charge < -0.3 is 15.0 Å². The van der Waals surface area contributed by atoms with Gasteiger partial charge in [0.15, 0.2) is 0 Å². The highest BCUT2D eigenvalue weighted by Gasteiger charge is 2.32. The Kier molecular flexibility index (Phi) is 5.80. The highest BCUT2D eigenvalue weighted by atomic mass is 16.5. The van der Waals surface area contributed by atoms with E-state index in [4.69, 9.17) is 4.74 Å². The molecule has 6 nitrogen and oxygen atoms in total. The van der Waals surface area contributed by atoms with Crippen molar-refractivity contribution >= 4 is 11.8 Å². The summed E-state index contributed by atoms with van der Waals surface area (Å²) in [5.74, 6) is 0.715. The van der Waals surface area contributed by atoms with Gasteiger partial charge in [0, 0.05) is 43.2 Å². The van der Waals surface area contributed by atoms with E-state index in [2.05, 4.69) is 10.3 Å². The molecule has 1 aromatic heterocycles. The van der Waals surface area contributed by atoms with Crippen LogP contribution in [0, 0.1) is 11.3 Å². The maximum absolute atomic E-state index is 12.3. The van der Waals surface area contributed by atoms with Crippen LogP contribution in [0.4, 0.5) is 0 Å². The first-order valence-corrected chi connectivity index (χ1v) is 8.37.